The lowest BCUT2D eigenvalue weighted by Crippen LogP contribution is -2.10. The fourth-order valence-corrected chi connectivity index (χ4v) is 3.44. The molecule has 1 aliphatic rings. The number of halogens is 1. The summed E-state index contributed by atoms with van der Waals surface area (Å²) in [5.74, 6) is 1.38. The maximum absolute atomic E-state index is 12.3. The molecule has 0 fully saturated rings. The third kappa shape index (κ3) is 5.73. The molecule has 0 radical (unpaired) electrons. The van der Waals surface area contributed by atoms with Gasteiger partial charge in [-0.05, 0) is 55.0 Å². The van der Waals surface area contributed by atoms with E-state index in [-0.39, 0.29) is 18.2 Å². The number of ether oxygens (including phenoxy) is 4. The van der Waals surface area contributed by atoms with Gasteiger partial charge in [-0.25, -0.2) is 9.79 Å². The SMILES string of the molecule is CCOc1cc(C=C2N=C(c3ccccc3)OC2=O)cc(Cl)c1OCCOc1ccccc1. The Labute approximate surface area is 197 Å². The Balaban J connectivity index is 1.50. The number of carbonyl (C=O) groups excluding carboxylic acids is 1. The number of hydrogen-bond donors (Lipinski definition) is 0. The van der Waals surface area contributed by atoms with Gasteiger partial charge in [-0.2, -0.15) is 0 Å². The van der Waals surface area contributed by atoms with E-state index in [1.165, 1.54) is 0 Å². The van der Waals surface area contributed by atoms with Crippen LogP contribution >= 0.6 is 11.6 Å². The van der Waals surface area contributed by atoms with Crippen molar-refractivity contribution in [2.45, 2.75) is 6.92 Å². The van der Waals surface area contributed by atoms with Crippen LogP contribution in [0, 0.1) is 0 Å². The number of benzene rings is 3. The monoisotopic (exact) mass is 463 g/mol. The molecule has 0 saturated carbocycles. The smallest absolute Gasteiger partial charge is 0.363 e. The molecule has 3 aromatic carbocycles. The first-order chi connectivity index (χ1) is 16.1. The Hall–Kier alpha value is -3.77. The highest BCUT2D eigenvalue weighted by atomic mass is 35.5. The highest BCUT2D eigenvalue weighted by Gasteiger charge is 2.24. The Kier molecular flexibility index (Phi) is 7.27. The van der Waals surface area contributed by atoms with Gasteiger partial charge in [0.25, 0.3) is 0 Å². The lowest BCUT2D eigenvalue weighted by atomic mass is 10.1. The Morgan fingerprint density at radius 1 is 0.939 bits per heavy atom. The molecule has 1 aliphatic heterocycles. The summed E-state index contributed by atoms with van der Waals surface area (Å²) in [5.41, 5.74) is 1.54. The standard InChI is InChI=1S/C26H22ClNO5/c1-2-30-23-17-18(16-22-26(29)33-25(28-22)19-9-5-3-6-10-19)15-21(27)24(23)32-14-13-31-20-11-7-4-8-12-20/h3-12,15-17H,2,13-14H2,1H3. The number of aliphatic imine (C=N–C) groups is 1. The van der Waals surface area contributed by atoms with Crippen molar-refractivity contribution in [3.8, 4) is 17.2 Å². The lowest BCUT2D eigenvalue weighted by Gasteiger charge is -2.15. The van der Waals surface area contributed by atoms with Crippen molar-refractivity contribution in [2.24, 2.45) is 4.99 Å². The zero-order valence-corrected chi connectivity index (χ0v) is 18.7. The molecule has 3 aromatic rings. The molecule has 0 aliphatic carbocycles. The summed E-state index contributed by atoms with van der Waals surface area (Å²) >= 11 is 6.49. The van der Waals surface area contributed by atoms with Gasteiger partial charge < -0.3 is 18.9 Å². The van der Waals surface area contributed by atoms with E-state index in [1.807, 2.05) is 67.6 Å². The molecule has 0 amide bonds. The zero-order chi connectivity index (χ0) is 23.0. The molecule has 6 nitrogen and oxygen atoms in total. The normalized spacial score (nSPS) is 14.1. The van der Waals surface area contributed by atoms with E-state index in [9.17, 15) is 4.79 Å². The molecule has 0 saturated heterocycles. The van der Waals surface area contributed by atoms with E-state index >= 15 is 0 Å². The number of rotatable bonds is 9. The van der Waals surface area contributed by atoms with Gasteiger partial charge in [0, 0.05) is 5.56 Å². The number of esters is 1. The largest absolute Gasteiger partial charge is 0.490 e. The molecule has 4 rings (SSSR count). The van der Waals surface area contributed by atoms with Crippen molar-refractivity contribution in [3.05, 3.63) is 94.6 Å². The molecule has 0 bridgehead atoms. The lowest BCUT2D eigenvalue weighted by molar-refractivity contribution is -0.129. The van der Waals surface area contributed by atoms with E-state index in [0.717, 1.165) is 11.3 Å². The summed E-state index contributed by atoms with van der Waals surface area (Å²) in [7, 11) is 0. The highest BCUT2D eigenvalue weighted by Crippen LogP contribution is 2.37. The summed E-state index contributed by atoms with van der Waals surface area (Å²) in [4.78, 5) is 16.6. The first-order valence-corrected chi connectivity index (χ1v) is 10.9. The number of cyclic esters (lactones) is 1. The average Bonchev–Trinajstić information content (AvgIpc) is 3.19. The summed E-state index contributed by atoms with van der Waals surface area (Å²) in [6.45, 7) is 2.92. The quantitative estimate of drug-likeness (QED) is 0.237. The van der Waals surface area contributed by atoms with E-state index < -0.39 is 5.97 Å². The fraction of sp³-hybridized carbons (Fsp3) is 0.154. The predicted octanol–water partition coefficient (Wildman–Crippen LogP) is 5.54. The molecule has 0 unspecified atom stereocenters. The van der Waals surface area contributed by atoms with Gasteiger partial charge >= 0.3 is 5.97 Å². The van der Waals surface area contributed by atoms with Crippen LogP contribution in [0.1, 0.15) is 18.1 Å². The zero-order valence-electron chi connectivity index (χ0n) is 18.0. The van der Waals surface area contributed by atoms with Crippen molar-refractivity contribution in [1.29, 1.82) is 0 Å². The molecular weight excluding hydrogens is 442 g/mol. The summed E-state index contributed by atoms with van der Waals surface area (Å²) in [6, 6.07) is 22.2. The first kappa shape index (κ1) is 22.4. The van der Waals surface area contributed by atoms with Gasteiger partial charge in [0.15, 0.2) is 17.2 Å². The van der Waals surface area contributed by atoms with Gasteiger partial charge in [0.1, 0.15) is 19.0 Å². The van der Waals surface area contributed by atoms with Crippen LogP contribution in [0.25, 0.3) is 6.08 Å². The van der Waals surface area contributed by atoms with Crippen LogP contribution in [0.5, 0.6) is 17.2 Å². The Morgan fingerprint density at radius 3 is 2.36 bits per heavy atom. The molecular formula is C26H22ClNO5. The fourth-order valence-electron chi connectivity index (χ4n) is 3.17. The van der Waals surface area contributed by atoms with Crippen LogP contribution in [0.4, 0.5) is 0 Å². The van der Waals surface area contributed by atoms with Crippen molar-refractivity contribution in [1.82, 2.24) is 0 Å². The van der Waals surface area contributed by atoms with Gasteiger partial charge in [-0.3, -0.25) is 0 Å². The summed E-state index contributed by atoms with van der Waals surface area (Å²) in [5, 5.41) is 0.353. The van der Waals surface area contributed by atoms with Crippen LogP contribution in [0.2, 0.25) is 5.02 Å². The molecule has 0 spiro atoms. The third-order valence-electron chi connectivity index (χ3n) is 4.62. The molecule has 0 aromatic heterocycles. The summed E-state index contributed by atoms with van der Waals surface area (Å²) < 4.78 is 22.5. The van der Waals surface area contributed by atoms with Crippen LogP contribution in [-0.2, 0) is 9.53 Å². The van der Waals surface area contributed by atoms with Gasteiger partial charge in [0.2, 0.25) is 5.90 Å². The van der Waals surface area contributed by atoms with Gasteiger partial charge in [-0.15, -0.1) is 0 Å². The molecule has 168 valence electrons. The topological polar surface area (TPSA) is 66.4 Å². The van der Waals surface area contributed by atoms with E-state index in [2.05, 4.69) is 4.99 Å². The van der Waals surface area contributed by atoms with Crippen molar-refractivity contribution >= 4 is 29.5 Å². The Bertz CT molecular complexity index is 1180. The number of hydrogen-bond acceptors (Lipinski definition) is 6. The average molecular weight is 464 g/mol. The second-order valence-corrected chi connectivity index (χ2v) is 7.38. The second-order valence-electron chi connectivity index (χ2n) is 6.98. The van der Waals surface area contributed by atoms with Crippen molar-refractivity contribution in [2.75, 3.05) is 19.8 Å². The minimum atomic E-state index is -0.527. The van der Waals surface area contributed by atoms with Gasteiger partial charge in [-0.1, -0.05) is 48.0 Å². The van der Waals surface area contributed by atoms with E-state index in [0.29, 0.717) is 35.3 Å². The number of nitrogens with zero attached hydrogens (tertiary/aromatic N) is 1. The van der Waals surface area contributed by atoms with Crippen molar-refractivity contribution < 1.29 is 23.7 Å². The molecule has 0 atom stereocenters. The van der Waals surface area contributed by atoms with Gasteiger partial charge in [0.05, 0.1) is 11.6 Å². The molecule has 33 heavy (non-hydrogen) atoms. The summed E-state index contributed by atoms with van der Waals surface area (Å²) in [6.07, 6.45) is 1.61. The third-order valence-corrected chi connectivity index (χ3v) is 4.90. The minimum absolute atomic E-state index is 0.178. The van der Waals surface area contributed by atoms with Crippen LogP contribution in [0.15, 0.2) is 83.5 Å². The van der Waals surface area contributed by atoms with Crippen molar-refractivity contribution in [3.63, 3.8) is 0 Å². The number of para-hydroxylation sites is 1. The van der Waals surface area contributed by atoms with Crippen LogP contribution in [-0.4, -0.2) is 31.7 Å². The highest BCUT2D eigenvalue weighted by molar-refractivity contribution is 6.32. The van der Waals surface area contributed by atoms with Crippen LogP contribution < -0.4 is 14.2 Å². The molecule has 7 heteroatoms. The maximum atomic E-state index is 12.3. The molecule has 1 heterocycles. The van der Waals surface area contributed by atoms with Crippen LogP contribution in [0.3, 0.4) is 0 Å². The number of carbonyl (C=O) groups is 1. The van der Waals surface area contributed by atoms with E-state index in [1.54, 1.807) is 18.2 Å². The second kappa shape index (κ2) is 10.7. The minimum Gasteiger partial charge on any atom is -0.490 e. The Morgan fingerprint density at radius 2 is 1.64 bits per heavy atom. The van der Waals surface area contributed by atoms with E-state index in [4.69, 9.17) is 30.5 Å². The first-order valence-electron chi connectivity index (χ1n) is 10.5. The maximum Gasteiger partial charge on any atom is 0.363 e. The predicted molar refractivity (Wildman–Crippen MR) is 127 cm³/mol. The molecule has 0 N–H and O–H groups in total.